The Balaban J connectivity index is 1.77. The number of carbonyl (C=O) groups excluding carboxylic acids is 2. The van der Waals surface area contributed by atoms with E-state index in [1.807, 2.05) is 0 Å². The molecule has 2 amide bonds. The van der Waals surface area contributed by atoms with Crippen molar-refractivity contribution in [2.75, 3.05) is 5.32 Å². The summed E-state index contributed by atoms with van der Waals surface area (Å²) in [6, 6.07) is 7.41. The van der Waals surface area contributed by atoms with Gasteiger partial charge in [0.05, 0.1) is 17.8 Å². The first kappa shape index (κ1) is 19.4. The minimum absolute atomic E-state index is 0.128. The molecule has 28 heavy (non-hydrogen) atoms. The van der Waals surface area contributed by atoms with Crippen LogP contribution in [-0.4, -0.2) is 22.0 Å². The van der Waals surface area contributed by atoms with E-state index in [0.29, 0.717) is 17.0 Å². The minimum Gasteiger partial charge on any atom is -0.424 e. The van der Waals surface area contributed by atoms with Crippen LogP contribution in [0.3, 0.4) is 0 Å². The molecule has 0 unspecified atom stereocenters. The van der Waals surface area contributed by atoms with Crippen LogP contribution >= 0.6 is 11.6 Å². The lowest BCUT2D eigenvalue weighted by atomic mass is 10.1. The van der Waals surface area contributed by atoms with Crippen LogP contribution < -0.4 is 10.6 Å². The van der Waals surface area contributed by atoms with Gasteiger partial charge >= 0.3 is 0 Å². The Labute approximate surface area is 162 Å². The van der Waals surface area contributed by atoms with E-state index in [9.17, 15) is 18.4 Å². The smallest absolute Gasteiger partial charge is 0.255 e. The Bertz CT molecular complexity index is 1060. The molecule has 0 aliphatic rings. The molecule has 3 rings (SSSR count). The van der Waals surface area contributed by atoms with Gasteiger partial charge < -0.3 is 15.1 Å². The molecule has 2 N–H and O–H groups in total. The van der Waals surface area contributed by atoms with Gasteiger partial charge in [-0.25, -0.2) is 8.78 Å². The van der Waals surface area contributed by atoms with E-state index in [0.717, 1.165) is 6.07 Å². The first-order valence-corrected chi connectivity index (χ1v) is 8.34. The van der Waals surface area contributed by atoms with E-state index < -0.39 is 29.0 Å². The second-order valence-corrected chi connectivity index (χ2v) is 6.11. The summed E-state index contributed by atoms with van der Waals surface area (Å²) in [5.74, 6) is -3.19. The van der Waals surface area contributed by atoms with Crippen molar-refractivity contribution in [2.45, 2.75) is 13.5 Å². The fourth-order valence-electron chi connectivity index (χ4n) is 2.30. The van der Waals surface area contributed by atoms with Gasteiger partial charge in [0.1, 0.15) is 11.6 Å². The number of aromatic nitrogens is 2. The maximum Gasteiger partial charge on any atom is 0.255 e. The first-order valence-electron chi connectivity index (χ1n) is 7.96. The van der Waals surface area contributed by atoms with E-state index in [2.05, 4.69) is 20.8 Å². The number of carbonyl (C=O) groups is 2. The molecular weight excluding hydrogens is 394 g/mol. The number of hydrogen-bond acceptors (Lipinski definition) is 5. The van der Waals surface area contributed by atoms with Crippen molar-refractivity contribution in [1.82, 2.24) is 15.5 Å². The molecule has 0 aliphatic carbocycles. The van der Waals surface area contributed by atoms with Crippen molar-refractivity contribution < 1.29 is 22.8 Å². The summed E-state index contributed by atoms with van der Waals surface area (Å²) in [6.07, 6.45) is 0. The maximum absolute atomic E-state index is 14.1. The van der Waals surface area contributed by atoms with Gasteiger partial charge in [-0.15, -0.1) is 10.2 Å². The number of amides is 2. The molecule has 1 aromatic heterocycles. The molecule has 3 aromatic rings. The molecule has 10 heteroatoms. The average Bonchev–Trinajstić information content (AvgIpc) is 3.07. The van der Waals surface area contributed by atoms with Gasteiger partial charge in [-0.05, 0) is 24.3 Å². The molecule has 1 heterocycles. The van der Waals surface area contributed by atoms with Crippen LogP contribution in [0.25, 0.3) is 0 Å². The van der Waals surface area contributed by atoms with Gasteiger partial charge in [0.15, 0.2) is 0 Å². The van der Waals surface area contributed by atoms with E-state index >= 15 is 0 Å². The average molecular weight is 407 g/mol. The van der Waals surface area contributed by atoms with E-state index in [1.165, 1.54) is 12.1 Å². The third-order valence-corrected chi connectivity index (χ3v) is 3.84. The zero-order valence-corrected chi connectivity index (χ0v) is 15.2. The van der Waals surface area contributed by atoms with Crippen LogP contribution in [0.5, 0.6) is 0 Å². The number of nitrogens with one attached hydrogen (secondary N) is 2. The highest BCUT2D eigenvalue weighted by atomic mass is 35.5. The first-order chi connectivity index (χ1) is 13.3. The van der Waals surface area contributed by atoms with Crippen molar-refractivity contribution >= 4 is 29.1 Å². The minimum atomic E-state index is -1.09. The molecule has 0 fully saturated rings. The van der Waals surface area contributed by atoms with Gasteiger partial charge in [0.2, 0.25) is 11.8 Å². The lowest BCUT2D eigenvalue weighted by Gasteiger charge is -2.10. The molecule has 0 aliphatic heterocycles. The molecule has 144 valence electrons. The van der Waals surface area contributed by atoms with Crippen molar-refractivity contribution in [3.8, 4) is 0 Å². The molecule has 0 bridgehead atoms. The Hall–Kier alpha value is -3.33. The molecule has 2 aromatic carbocycles. The summed E-state index contributed by atoms with van der Waals surface area (Å²) in [4.78, 5) is 24.5. The summed E-state index contributed by atoms with van der Waals surface area (Å²) in [6.45, 7) is 1.44. The second kappa shape index (κ2) is 8.13. The fraction of sp³-hybridized carbons (Fsp3) is 0.111. The highest BCUT2D eigenvalue weighted by Crippen LogP contribution is 2.21. The van der Waals surface area contributed by atoms with Crippen molar-refractivity contribution in [3.05, 3.63) is 76.0 Å². The van der Waals surface area contributed by atoms with Crippen LogP contribution in [0.15, 0.2) is 40.8 Å². The number of halogens is 3. The lowest BCUT2D eigenvalue weighted by molar-refractivity contribution is 0.0941. The summed E-state index contributed by atoms with van der Waals surface area (Å²) in [5, 5.41) is 12.3. The Morgan fingerprint density at radius 3 is 2.57 bits per heavy atom. The van der Waals surface area contributed by atoms with E-state index in [-0.39, 0.29) is 23.7 Å². The molecule has 7 nitrogen and oxygen atoms in total. The summed E-state index contributed by atoms with van der Waals surface area (Å²) in [7, 11) is 0. The molecular formula is C18H13ClF2N4O3. The van der Waals surface area contributed by atoms with Crippen LogP contribution in [0.2, 0.25) is 5.02 Å². The van der Waals surface area contributed by atoms with E-state index in [1.54, 1.807) is 19.1 Å². The molecule has 0 radical (unpaired) electrons. The van der Waals surface area contributed by atoms with Crippen molar-refractivity contribution in [2.24, 2.45) is 0 Å². The summed E-state index contributed by atoms with van der Waals surface area (Å²) < 4.78 is 33.2. The summed E-state index contributed by atoms with van der Waals surface area (Å²) >= 11 is 5.82. The molecule has 0 saturated heterocycles. The highest BCUT2D eigenvalue weighted by molar-refractivity contribution is 6.31. The number of anilines is 1. The predicted octanol–water partition coefficient (Wildman–Crippen LogP) is 3.49. The van der Waals surface area contributed by atoms with Gasteiger partial charge in [-0.2, -0.15) is 0 Å². The highest BCUT2D eigenvalue weighted by Gasteiger charge is 2.18. The SMILES string of the molecule is Cc1nnc(CNC(=O)c2cc(NC(=O)c3cccc(Cl)c3)c(F)cc2F)o1. The Morgan fingerprint density at radius 1 is 1.11 bits per heavy atom. The fourth-order valence-corrected chi connectivity index (χ4v) is 2.49. The number of aryl methyl sites for hydroxylation is 1. The molecule has 0 atom stereocenters. The van der Waals surface area contributed by atoms with Gasteiger partial charge in [0, 0.05) is 23.6 Å². The number of benzene rings is 2. The summed E-state index contributed by atoms with van der Waals surface area (Å²) in [5.41, 5.74) is -0.641. The van der Waals surface area contributed by atoms with Crippen LogP contribution in [0.1, 0.15) is 32.5 Å². The van der Waals surface area contributed by atoms with Crippen LogP contribution in [0.4, 0.5) is 14.5 Å². The monoisotopic (exact) mass is 406 g/mol. The standard InChI is InChI=1S/C18H13ClF2N4O3/c1-9-24-25-16(28-9)8-22-18(27)12-6-15(14(21)7-13(12)20)23-17(26)10-3-2-4-11(19)5-10/h2-7H,8H2,1H3,(H,22,27)(H,23,26). The van der Waals surface area contributed by atoms with Gasteiger partial charge in [-0.3, -0.25) is 9.59 Å². The predicted molar refractivity (Wildman–Crippen MR) is 96.0 cm³/mol. The quantitative estimate of drug-likeness (QED) is 0.676. The largest absolute Gasteiger partial charge is 0.424 e. The number of rotatable bonds is 5. The zero-order chi connectivity index (χ0) is 20.3. The topological polar surface area (TPSA) is 97.1 Å². The van der Waals surface area contributed by atoms with Gasteiger partial charge in [0.25, 0.3) is 11.8 Å². The molecule has 0 saturated carbocycles. The number of nitrogens with zero attached hydrogens (tertiary/aromatic N) is 2. The normalized spacial score (nSPS) is 10.6. The van der Waals surface area contributed by atoms with Crippen LogP contribution in [-0.2, 0) is 6.54 Å². The third kappa shape index (κ3) is 4.49. The van der Waals surface area contributed by atoms with Gasteiger partial charge in [-0.1, -0.05) is 17.7 Å². The molecule has 0 spiro atoms. The third-order valence-electron chi connectivity index (χ3n) is 3.60. The van der Waals surface area contributed by atoms with Crippen molar-refractivity contribution in [3.63, 3.8) is 0 Å². The zero-order valence-electron chi connectivity index (χ0n) is 14.4. The second-order valence-electron chi connectivity index (χ2n) is 5.67. The van der Waals surface area contributed by atoms with E-state index in [4.69, 9.17) is 16.0 Å². The maximum atomic E-state index is 14.1. The Morgan fingerprint density at radius 2 is 1.89 bits per heavy atom. The number of hydrogen-bond donors (Lipinski definition) is 2. The Kier molecular flexibility index (Phi) is 5.65. The van der Waals surface area contributed by atoms with Crippen molar-refractivity contribution in [1.29, 1.82) is 0 Å². The lowest BCUT2D eigenvalue weighted by Crippen LogP contribution is -2.24. The van der Waals surface area contributed by atoms with Crippen LogP contribution in [0, 0.1) is 18.6 Å².